The van der Waals surface area contributed by atoms with E-state index in [1.807, 2.05) is 3.77 Å². The molecule has 138 valence electrons. The van der Waals surface area contributed by atoms with E-state index < -0.39 is 62.7 Å². The van der Waals surface area contributed by atoms with Gasteiger partial charge in [0, 0.05) is 18.7 Å². The van der Waals surface area contributed by atoms with Gasteiger partial charge < -0.3 is 0 Å². The summed E-state index contributed by atoms with van der Waals surface area (Å²) in [5.74, 6) is -2.69. The molecular weight excluding hydrogens is 398 g/mol. The Bertz CT molecular complexity index is 754. The van der Waals surface area contributed by atoms with Gasteiger partial charge in [0.2, 0.25) is 0 Å². The van der Waals surface area contributed by atoms with E-state index in [4.69, 9.17) is 0 Å². The van der Waals surface area contributed by atoms with Crippen molar-refractivity contribution in [3.8, 4) is 0 Å². The summed E-state index contributed by atoms with van der Waals surface area (Å²) in [6.07, 6.45) is 1.25. The van der Waals surface area contributed by atoms with E-state index in [0.717, 1.165) is 12.2 Å². The third-order valence-corrected chi connectivity index (χ3v) is 5.88. The van der Waals surface area contributed by atoms with Crippen LogP contribution in [0.25, 0.3) is 0 Å². The normalized spacial score (nSPS) is 17.6. The number of imide groups is 1. The molecule has 0 aromatic carbocycles. The van der Waals surface area contributed by atoms with E-state index in [0.29, 0.717) is 4.90 Å². The molecule has 1 aliphatic rings. The SMILES string of the molecule is O=C1C=CC(=O)N1CCCS(=O)(=O)N=S(=O)(OC(F)F)C(F)(F)F.[Li+]. The van der Waals surface area contributed by atoms with Crippen molar-refractivity contribution >= 4 is 31.8 Å². The number of amides is 2. The average molecular weight is 407 g/mol. The zero-order valence-electron chi connectivity index (χ0n) is 12.4. The van der Waals surface area contributed by atoms with Crippen LogP contribution < -0.4 is 18.9 Å². The molecule has 0 fully saturated rings. The second-order valence-corrected chi connectivity index (χ2v) is 7.93. The van der Waals surface area contributed by atoms with Crippen molar-refractivity contribution < 1.29 is 67.2 Å². The zero-order chi connectivity index (χ0) is 18.8. The summed E-state index contributed by atoms with van der Waals surface area (Å²) in [7, 11) is -11.3. The Kier molecular flexibility index (Phi) is 8.23. The largest absolute Gasteiger partial charge is 1.00 e. The minimum absolute atomic E-state index is 0. The molecule has 8 nitrogen and oxygen atoms in total. The van der Waals surface area contributed by atoms with Crippen LogP contribution in [0.2, 0.25) is 0 Å². The molecule has 0 spiro atoms. The molecule has 0 aliphatic carbocycles. The summed E-state index contributed by atoms with van der Waals surface area (Å²) in [6, 6.07) is 0. The quantitative estimate of drug-likeness (QED) is 0.269. The summed E-state index contributed by atoms with van der Waals surface area (Å²) in [5.41, 5.74) is -5.97. The van der Waals surface area contributed by atoms with Crippen molar-refractivity contribution in [1.29, 1.82) is 0 Å². The molecule has 16 heteroatoms. The summed E-state index contributed by atoms with van der Waals surface area (Å²) < 4.78 is 100. The number of hydrogen-bond acceptors (Lipinski definition) is 6. The maximum absolute atomic E-state index is 12.5. The van der Waals surface area contributed by atoms with Gasteiger partial charge in [0.15, 0.2) is 0 Å². The van der Waals surface area contributed by atoms with Gasteiger partial charge in [-0.05, 0) is 6.42 Å². The minimum Gasteiger partial charge on any atom is -0.275 e. The Morgan fingerprint density at radius 1 is 1.12 bits per heavy atom. The van der Waals surface area contributed by atoms with E-state index >= 15 is 0 Å². The molecule has 0 aromatic rings. The molecule has 1 aliphatic heterocycles. The first kappa shape index (κ1) is 24.0. The minimum atomic E-state index is -6.21. The number of hydrogen-bond donors (Lipinski definition) is 0. The Morgan fingerprint density at radius 2 is 1.60 bits per heavy atom. The van der Waals surface area contributed by atoms with Gasteiger partial charge in [0.1, 0.15) is 0 Å². The number of alkyl halides is 5. The van der Waals surface area contributed by atoms with Crippen LogP contribution in [-0.4, -0.2) is 53.8 Å². The molecule has 0 saturated carbocycles. The summed E-state index contributed by atoms with van der Waals surface area (Å²) in [6.45, 7) is -4.65. The van der Waals surface area contributed by atoms with E-state index in [2.05, 4.69) is 4.18 Å². The van der Waals surface area contributed by atoms with Crippen LogP contribution in [0.4, 0.5) is 22.0 Å². The summed E-state index contributed by atoms with van der Waals surface area (Å²) >= 11 is 0. The first-order chi connectivity index (χ1) is 10.8. The van der Waals surface area contributed by atoms with Crippen LogP contribution in [0.5, 0.6) is 0 Å². The van der Waals surface area contributed by atoms with Crippen LogP contribution in [0.3, 0.4) is 0 Å². The van der Waals surface area contributed by atoms with Crippen LogP contribution in [0.1, 0.15) is 6.42 Å². The van der Waals surface area contributed by atoms with E-state index in [9.17, 15) is 44.2 Å². The topological polar surface area (TPSA) is 110 Å². The van der Waals surface area contributed by atoms with Gasteiger partial charge in [-0.2, -0.15) is 22.0 Å². The molecule has 1 rings (SSSR count). The molecule has 0 bridgehead atoms. The van der Waals surface area contributed by atoms with Gasteiger partial charge in [-0.1, -0.05) is 3.77 Å². The molecule has 0 radical (unpaired) electrons. The number of halogens is 5. The van der Waals surface area contributed by atoms with Crippen molar-refractivity contribution in [2.75, 3.05) is 12.3 Å². The van der Waals surface area contributed by atoms with Gasteiger partial charge in [0.25, 0.3) is 31.8 Å². The second kappa shape index (κ2) is 8.58. The fourth-order valence-corrected chi connectivity index (χ4v) is 4.23. The maximum atomic E-state index is 12.5. The molecule has 25 heavy (non-hydrogen) atoms. The third-order valence-electron chi connectivity index (χ3n) is 2.39. The van der Waals surface area contributed by atoms with Crippen molar-refractivity contribution in [3.63, 3.8) is 0 Å². The third kappa shape index (κ3) is 6.66. The molecule has 1 atom stereocenters. The molecule has 0 N–H and O–H groups in total. The van der Waals surface area contributed by atoms with Gasteiger partial charge in [-0.15, -0.1) is 0 Å². The number of nitrogens with zero attached hydrogens (tertiary/aromatic N) is 2. The van der Waals surface area contributed by atoms with Crippen molar-refractivity contribution in [3.05, 3.63) is 12.2 Å². The Morgan fingerprint density at radius 3 is 2.00 bits per heavy atom. The van der Waals surface area contributed by atoms with Crippen molar-refractivity contribution in [2.24, 2.45) is 3.77 Å². The first-order valence-corrected chi connectivity index (χ1v) is 8.90. The molecule has 0 saturated heterocycles. The predicted molar refractivity (Wildman–Crippen MR) is 68.0 cm³/mol. The van der Waals surface area contributed by atoms with Gasteiger partial charge in [0.05, 0.1) is 5.75 Å². The van der Waals surface area contributed by atoms with Crippen LogP contribution in [0.15, 0.2) is 15.9 Å². The fraction of sp³-hybridized carbons (Fsp3) is 0.556. The molecule has 1 unspecified atom stereocenters. The second-order valence-electron chi connectivity index (χ2n) is 4.15. The summed E-state index contributed by atoms with van der Waals surface area (Å²) in [4.78, 5) is 22.9. The number of carbonyl (C=O) groups is 2. The van der Waals surface area contributed by atoms with Crippen LogP contribution >= 0.6 is 0 Å². The van der Waals surface area contributed by atoms with E-state index in [-0.39, 0.29) is 18.9 Å². The number of rotatable bonds is 7. The summed E-state index contributed by atoms with van der Waals surface area (Å²) in [5, 5.41) is 0. The first-order valence-electron chi connectivity index (χ1n) is 5.85. The van der Waals surface area contributed by atoms with Crippen LogP contribution in [-0.2, 0) is 33.8 Å². The Balaban J connectivity index is 0.00000576. The van der Waals surface area contributed by atoms with Crippen LogP contribution in [0, 0.1) is 0 Å². The van der Waals surface area contributed by atoms with Crippen molar-refractivity contribution in [1.82, 2.24) is 4.90 Å². The van der Waals surface area contributed by atoms with Gasteiger partial charge in [-0.25, -0.2) is 16.8 Å². The monoisotopic (exact) mass is 407 g/mol. The van der Waals surface area contributed by atoms with Gasteiger partial charge >= 0.3 is 31.0 Å². The number of sulfonamides is 1. The Labute approximate surface area is 151 Å². The van der Waals surface area contributed by atoms with Crippen molar-refractivity contribution in [2.45, 2.75) is 18.5 Å². The molecule has 0 aromatic heterocycles. The predicted octanol–water partition coefficient (Wildman–Crippen LogP) is -2.22. The zero-order valence-corrected chi connectivity index (χ0v) is 14.0. The molecule has 2 amide bonds. The van der Waals surface area contributed by atoms with E-state index in [1.165, 1.54) is 0 Å². The van der Waals surface area contributed by atoms with Gasteiger partial charge in [-0.3, -0.25) is 14.5 Å². The average Bonchev–Trinajstić information content (AvgIpc) is 2.67. The molecule has 1 heterocycles. The standard InChI is InChI=1S/C9H9F5N2O6S2.Li/c10-8(11)22-24(21,9(12,13)14)15-23(19,20)5-1-4-16-6(17)2-3-7(16)18;/h2-3,8H,1,4-5H2;/q;+1. The fourth-order valence-electron chi connectivity index (χ4n) is 1.46. The smallest absolute Gasteiger partial charge is 0.275 e. The Hall–Kier alpha value is -1.01. The molecular formula is C9H9F5LiN2O6S2+. The maximum Gasteiger partial charge on any atom is 1.00 e. The number of carbonyl (C=O) groups excluding carboxylic acids is 2. The van der Waals surface area contributed by atoms with E-state index in [1.54, 1.807) is 0 Å².